The summed E-state index contributed by atoms with van der Waals surface area (Å²) in [6.45, 7) is 8.14. The van der Waals surface area contributed by atoms with E-state index in [9.17, 15) is 9.59 Å². The van der Waals surface area contributed by atoms with Crippen molar-refractivity contribution in [3.63, 3.8) is 0 Å². The molecule has 0 radical (unpaired) electrons. The molecular weight excluding hydrogens is 306 g/mol. The second-order valence-electron chi connectivity index (χ2n) is 7.19. The number of rotatable bonds is 3. The highest BCUT2D eigenvalue weighted by Crippen LogP contribution is 2.43. The molecule has 2 heterocycles. The Kier molecular flexibility index (Phi) is 5.01. The van der Waals surface area contributed by atoms with Gasteiger partial charge in [-0.05, 0) is 19.3 Å². The molecule has 0 aromatic heterocycles. The number of urea groups is 1. The van der Waals surface area contributed by atoms with Gasteiger partial charge in [0.1, 0.15) is 0 Å². The first-order valence-corrected chi connectivity index (χ1v) is 9.32. The van der Waals surface area contributed by atoms with Crippen LogP contribution in [0.15, 0.2) is 12.3 Å². The van der Waals surface area contributed by atoms with Gasteiger partial charge in [0.25, 0.3) is 0 Å². The SMILES string of the molecule is C=C1N(C2CCCCC2)C(=O)OC12CCN(C(=O)NCCC)CC2. The van der Waals surface area contributed by atoms with Crippen molar-refractivity contribution in [2.45, 2.75) is 69.9 Å². The first-order chi connectivity index (χ1) is 11.6. The number of piperidine rings is 1. The largest absolute Gasteiger partial charge is 0.436 e. The van der Waals surface area contributed by atoms with Crippen LogP contribution < -0.4 is 5.32 Å². The van der Waals surface area contributed by atoms with Gasteiger partial charge in [0, 0.05) is 38.5 Å². The molecule has 0 aromatic rings. The lowest BCUT2D eigenvalue weighted by molar-refractivity contribution is 0.0233. The normalized spacial score (nSPS) is 24.4. The van der Waals surface area contributed by atoms with Gasteiger partial charge in [-0.2, -0.15) is 0 Å². The van der Waals surface area contributed by atoms with Crippen molar-refractivity contribution in [3.05, 3.63) is 12.3 Å². The van der Waals surface area contributed by atoms with Gasteiger partial charge in [-0.3, -0.25) is 4.90 Å². The fourth-order valence-corrected chi connectivity index (χ4v) is 4.12. The second-order valence-corrected chi connectivity index (χ2v) is 7.19. The Morgan fingerprint density at radius 3 is 2.58 bits per heavy atom. The number of carbonyl (C=O) groups excluding carboxylic acids is 2. The summed E-state index contributed by atoms with van der Waals surface area (Å²) in [4.78, 5) is 28.2. The van der Waals surface area contributed by atoms with E-state index in [1.807, 2.05) is 16.7 Å². The molecule has 0 atom stereocenters. The van der Waals surface area contributed by atoms with E-state index in [4.69, 9.17) is 4.74 Å². The number of carbonyl (C=O) groups is 2. The quantitative estimate of drug-likeness (QED) is 0.861. The van der Waals surface area contributed by atoms with Crippen molar-refractivity contribution in [1.82, 2.24) is 15.1 Å². The van der Waals surface area contributed by atoms with Gasteiger partial charge >= 0.3 is 12.1 Å². The predicted molar refractivity (Wildman–Crippen MR) is 91.6 cm³/mol. The highest BCUT2D eigenvalue weighted by atomic mass is 16.6. The summed E-state index contributed by atoms with van der Waals surface area (Å²) < 4.78 is 5.81. The zero-order chi connectivity index (χ0) is 17.2. The van der Waals surface area contributed by atoms with Gasteiger partial charge in [0.15, 0.2) is 5.60 Å². The molecule has 1 aliphatic carbocycles. The van der Waals surface area contributed by atoms with Gasteiger partial charge in [-0.15, -0.1) is 0 Å². The number of hydrogen-bond donors (Lipinski definition) is 1. The molecule has 134 valence electrons. The number of hydrogen-bond acceptors (Lipinski definition) is 3. The summed E-state index contributed by atoms with van der Waals surface area (Å²) in [5.41, 5.74) is 0.212. The fraction of sp³-hybridized carbons (Fsp3) is 0.778. The topological polar surface area (TPSA) is 61.9 Å². The zero-order valence-electron chi connectivity index (χ0n) is 14.7. The maximum absolute atomic E-state index is 12.5. The molecule has 3 aliphatic rings. The molecule has 0 aromatic carbocycles. The molecule has 1 N–H and O–H groups in total. The summed E-state index contributed by atoms with van der Waals surface area (Å²) in [6.07, 6.45) is 7.62. The summed E-state index contributed by atoms with van der Waals surface area (Å²) in [6, 6.07) is 0.217. The van der Waals surface area contributed by atoms with Crippen LogP contribution in [-0.4, -0.2) is 53.2 Å². The molecule has 1 spiro atoms. The lowest BCUT2D eigenvalue weighted by Crippen LogP contribution is -2.50. The maximum atomic E-state index is 12.5. The molecule has 3 fully saturated rings. The summed E-state index contributed by atoms with van der Waals surface area (Å²) >= 11 is 0. The molecule has 6 nitrogen and oxygen atoms in total. The van der Waals surface area contributed by atoms with E-state index in [0.29, 0.717) is 32.5 Å². The smallest absolute Gasteiger partial charge is 0.415 e. The molecular formula is C18H29N3O3. The van der Waals surface area contributed by atoms with E-state index in [1.54, 1.807) is 0 Å². The Hall–Kier alpha value is -1.72. The van der Waals surface area contributed by atoms with E-state index in [2.05, 4.69) is 11.9 Å². The predicted octanol–water partition coefficient (Wildman–Crippen LogP) is 3.24. The molecule has 2 aliphatic heterocycles. The fourth-order valence-electron chi connectivity index (χ4n) is 4.12. The number of ether oxygens (including phenoxy) is 1. The molecule has 0 bridgehead atoms. The first kappa shape index (κ1) is 17.1. The third kappa shape index (κ3) is 3.10. The highest BCUT2D eigenvalue weighted by Gasteiger charge is 2.52. The minimum atomic E-state index is -0.601. The van der Waals surface area contributed by atoms with Crippen LogP contribution in [0.3, 0.4) is 0 Å². The average molecular weight is 335 g/mol. The number of nitrogens with one attached hydrogen (secondary N) is 1. The monoisotopic (exact) mass is 335 g/mol. The lowest BCUT2D eigenvalue weighted by atomic mass is 9.87. The van der Waals surface area contributed by atoms with E-state index in [-0.39, 0.29) is 18.2 Å². The van der Waals surface area contributed by atoms with E-state index < -0.39 is 5.60 Å². The van der Waals surface area contributed by atoms with Crippen LogP contribution in [0, 0.1) is 0 Å². The zero-order valence-corrected chi connectivity index (χ0v) is 14.7. The van der Waals surface area contributed by atoms with Gasteiger partial charge in [-0.1, -0.05) is 32.8 Å². The van der Waals surface area contributed by atoms with Crippen molar-refractivity contribution in [1.29, 1.82) is 0 Å². The molecule has 6 heteroatoms. The summed E-state index contributed by atoms with van der Waals surface area (Å²) in [7, 11) is 0. The Labute approximate surface area is 144 Å². The van der Waals surface area contributed by atoms with Gasteiger partial charge in [-0.25, -0.2) is 9.59 Å². The third-order valence-corrected chi connectivity index (χ3v) is 5.62. The van der Waals surface area contributed by atoms with Crippen molar-refractivity contribution in [2.24, 2.45) is 0 Å². The van der Waals surface area contributed by atoms with Crippen LogP contribution in [0.4, 0.5) is 9.59 Å². The van der Waals surface area contributed by atoms with Gasteiger partial charge in [0.05, 0.1) is 5.70 Å². The highest BCUT2D eigenvalue weighted by molar-refractivity contribution is 5.76. The molecule has 0 unspecified atom stereocenters. The Morgan fingerprint density at radius 2 is 1.96 bits per heavy atom. The van der Waals surface area contributed by atoms with Gasteiger partial charge < -0.3 is 15.0 Å². The minimum Gasteiger partial charge on any atom is -0.436 e. The van der Waals surface area contributed by atoms with Gasteiger partial charge in [0.2, 0.25) is 0 Å². The maximum Gasteiger partial charge on any atom is 0.415 e. The van der Waals surface area contributed by atoms with Crippen molar-refractivity contribution in [3.8, 4) is 0 Å². The van der Waals surface area contributed by atoms with Crippen LogP contribution in [0.25, 0.3) is 0 Å². The number of likely N-dealkylation sites (tertiary alicyclic amines) is 1. The first-order valence-electron chi connectivity index (χ1n) is 9.32. The lowest BCUT2D eigenvalue weighted by Gasteiger charge is -2.39. The molecule has 1 saturated carbocycles. The molecule has 3 amide bonds. The summed E-state index contributed by atoms with van der Waals surface area (Å²) in [5, 5.41) is 2.91. The van der Waals surface area contributed by atoms with E-state index in [0.717, 1.165) is 25.0 Å². The molecule has 3 rings (SSSR count). The van der Waals surface area contributed by atoms with Crippen LogP contribution in [0.5, 0.6) is 0 Å². The van der Waals surface area contributed by atoms with Crippen molar-refractivity contribution >= 4 is 12.1 Å². The Morgan fingerprint density at radius 1 is 1.29 bits per heavy atom. The number of amides is 3. The van der Waals surface area contributed by atoms with Crippen LogP contribution in [0.1, 0.15) is 58.3 Å². The van der Waals surface area contributed by atoms with Crippen LogP contribution in [0.2, 0.25) is 0 Å². The van der Waals surface area contributed by atoms with Crippen LogP contribution in [-0.2, 0) is 4.74 Å². The minimum absolute atomic E-state index is 0.0224. The van der Waals surface area contributed by atoms with Crippen molar-refractivity contribution < 1.29 is 14.3 Å². The summed E-state index contributed by atoms with van der Waals surface area (Å²) in [5.74, 6) is 0. The van der Waals surface area contributed by atoms with Crippen molar-refractivity contribution in [2.75, 3.05) is 19.6 Å². The van der Waals surface area contributed by atoms with E-state index >= 15 is 0 Å². The molecule has 24 heavy (non-hydrogen) atoms. The standard InChI is InChI=1S/C18H29N3O3/c1-3-11-19-16(22)20-12-9-18(10-13-20)14(2)21(17(23)24-18)15-7-5-4-6-8-15/h15H,2-13H2,1H3,(H,19,22). The van der Waals surface area contributed by atoms with Crippen LogP contribution >= 0.6 is 0 Å². The Bertz CT molecular complexity index is 506. The van der Waals surface area contributed by atoms with E-state index in [1.165, 1.54) is 19.3 Å². The molecule has 2 saturated heterocycles. The third-order valence-electron chi connectivity index (χ3n) is 5.62. The number of nitrogens with zero attached hydrogens (tertiary/aromatic N) is 2. The second kappa shape index (κ2) is 7.03. The Balaban J connectivity index is 1.62. The average Bonchev–Trinajstić information content (AvgIpc) is 2.84.